The minimum atomic E-state index is -0.391. The summed E-state index contributed by atoms with van der Waals surface area (Å²) >= 11 is 0. The van der Waals surface area contributed by atoms with E-state index in [1.54, 1.807) is 25.1 Å². The van der Waals surface area contributed by atoms with E-state index in [1.807, 2.05) is 47.4 Å². The van der Waals surface area contributed by atoms with E-state index in [9.17, 15) is 9.59 Å². The van der Waals surface area contributed by atoms with Crippen LogP contribution in [0.15, 0.2) is 54.1 Å². The van der Waals surface area contributed by atoms with Crippen LogP contribution in [0.3, 0.4) is 0 Å². The standard InChI is InChI=1S/C21H21N3O3/c1-22-19(25)12-24-17-9-5-4-8-16(17)21(26)23(2)20(24)15-11-14-7-3-6-10-18(14)27-13-15/h3-11,20H,12-13H2,1-2H3,(H,22,25)/t20-/m1/s1. The lowest BCUT2D eigenvalue weighted by Crippen LogP contribution is -2.57. The van der Waals surface area contributed by atoms with E-state index in [0.717, 1.165) is 22.6 Å². The van der Waals surface area contributed by atoms with Crippen molar-refractivity contribution in [2.45, 2.75) is 6.17 Å². The number of carbonyl (C=O) groups excluding carboxylic acids is 2. The Morgan fingerprint density at radius 1 is 1.19 bits per heavy atom. The molecule has 4 rings (SSSR count). The Kier molecular flexibility index (Phi) is 4.32. The largest absolute Gasteiger partial charge is 0.488 e. The zero-order valence-corrected chi connectivity index (χ0v) is 15.3. The zero-order valence-electron chi connectivity index (χ0n) is 15.3. The molecule has 0 aromatic heterocycles. The molecule has 0 fully saturated rings. The number of nitrogens with zero attached hydrogens (tertiary/aromatic N) is 2. The van der Waals surface area contributed by atoms with Gasteiger partial charge in [-0.05, 0) is 24.3 Å². The van der Waals surface area contributed by atoms with Crippen LogP contribution < -0.4 is 15.0 Å². The second-order valence-corrected chi connectivity index (χ2v) is 6.65. The maximum Gasteiger partial charge on any atom is 0.257 e. The Balaban J connectivity index is 1.81. The third-order valence-electron chi connectivity index (χ3n) is 5.00. The lowest BCUT2D eigenvalue weighted by molar-refractivity contribution is -0.119. The summed E-state index contributed by atoms with van der Waals surface area (Å²) in [6, 6.07) is 15.2. The van der Waals surface area contributed by atoms with Gasteiger partial charge >= 0.3 is 0 Å². The second kappa shape index (κ2) is 6.79. The highest BCUT2D eigenvalue weighted by molar-refractivity contribution is 6.03. The third-order valence-corrected chi connectivity index (χ3v) is 5.00. The van der Waals surface area contributed by atoms with Crippen molar-refractivity contribution in [3.8, 4) is 5.75 Å². The van der Waals surface area contributed by atoms with Crippen LogP contribution in [-0.4, -0.2) is 50.1 Å². The molecule has 138 valence electrons. The van der Waals surface area contributed by atoms with E-state index in [-0.39, 0.29) is 18.4 Å². The van der Waals surface area contributed by atoms with Gasteiger partial charge in [0, 0.05) is 25.2 Å². The normalized spacial score (nSPS) is 18.2. The van der Waals surface area contributed by atoms with Gasteiger partial charge in [-0.25, -0.2) is 0 Å². The fourth-order valence-electron chi connectivity index (χ4n) is 3.68. The molecule has 2 heterocycles. The second-order valence-electron chi connectivity index (χ2n) is 6.65. The number of ether oxygens (including phenoxy) is 1. The number of hydrogen-bond acceptors (Lipinski definition) is 4. The highest BCUT2D eigenvalue weighted by Crippen LogP contribution is 2.36. The Morgan fingerprint density at radius 3 is 2.74 bits per heavy atom. The zero-order chi connectivity index (χ0) is 19.0. The van der Waals surface area contributed by atoms with Crippen LogP contribution in [0.2, 0.25) is 0 Å². The summed E-state index contributed by atoms with van der Waals surface area (Å²) in [6.07, 6.45) is 1.66. The molecule has 0 bridgehead atoms. The lowest BCUT2D eigenvalue weighted by Gasteiger charge is -2.45. The number of amides is 2. The van der Waals surface area contributed by atoms with E-state index in [1.165, 1.54) is 0 Å². The molecular weight excluding hydrogens is 342 g/mol. The van der Waals surface area contributed by atoms with Gasteiger partial charge in [-0.3, -0.25) is 9.59 Å². The number of nitrogens with one attached hydrogen (secondary N) is 1. The molecule has 0 radical (unpaired) electrons. The van der Waals surface area contributed by atoms with Crippen LogP contribution in [-0.2, 0) is 4.79 Å². The smallest absolute Gasteiger partial charge is 0.257 e. The molecule has 2 aromatic rings. The van der Waals surface area contributed by atoms with Crippen LogP contribution in [0, 0.1) is 0 Å². The van der Waals surface area contributed by atoms with Gasteiger partial charge in [-0.2, -0.15) is 0 Å². The molecule has 0 unspecified atom stereocenters. The maximum absolute atomic E-state index is 12.9. The van der Waals surface area contributed by atoms with E-state index in [4.69, 9.17) is 4.74 Å². The quantitative estimate of drug-likeness (QED) is 0.908. The number of likely N-dealkylation sites (N-methyl/N-ethyl adjacent to an activating group) is 2. The molecule has 2 aromatic carbocycles. The van der Waals surface area contributed by atoms with Crippen LogP contribution in [0.1, 0.15) is 15.9 Å². The topological polar surface area (TPSA) is 61.9 Å². The molecule has 0 saturated heterocycles. The van der Waals surface area contributed by atoms with Crippen molar-refractivity contribution in [3.63, 3.8) is 0 Å². The Labute approximate surface area is 158 Å². The number of rotatable bonds is 3. The van der Waals surface area contributed by atoms with Crippen molar-refractivity contribution in [3.05, 3.63) is 65.2 Å². The fourth-order valence-corrected chi connectivity index (χ4v) is 3.68. The van der Waals surface area contributed by atoms with Crippen LogP contribution in [0.5, 0.6) is 5.75 Å². The van der Waals surface area contributed by atoms with E-state index in [0.29, 0.717) is 12.2 Å². The van der Waals surface area contributed by atoms with Gasteiger partial charge in [0.05, 0.1) is 17.8 Å². The number of para-hydroxylation sites is 2. The monoisotopic (exact) mass is 363 g/mol. The molecule has 2 amide bonds. The average molecular weight is 363 g/mol. The lowest BCUT2D eigenvalue weighted by atomic mass is 9.99. The van der Waals surface area contributed by atoms with Gasteiger partial charge in [0.15, 0.2) is 0 Å². The molecule has 6 heteroatoms. The number of fused-ring (bicyclic) bond motifs is 2. The maximum atomic E-state index is 12.9. The molecule has 6 nitrogen and oxygen atoms in total. The van der Waals surface area contributed by atoms with Gasteiger partial charge in [0.25, 0.3) is 5.91 Å². The molecule has 1 atom stereocenters. The minimum Gasteiger partial charge on any atom is -0.488 e. The molecule has 2 aliphatic heterocycles. The fraction of sp³-hybridized carbons (Fsp3) is 0.238. The highest BCUT2D eigenvalue weighted by atomic mass is 16.5. The summed E-state index contributed by atoms with van der Waals surface area (Å²) in [6.45, 7) is 0.514. The molecule has 0 saturated carbocycles. The van der Waals surface area contributed by atoms with Crippen molar-refractivity contribution >= 4 is 23.6 Å². The van der Waals surface area contributed by atoms with Crippen molar-refractivity contribution in [2.75, 3.05) is 32.1 Å². The predicted octanol–water partition coefficient (Wildman–Crippen LogP) is 2.13. The van der Waals surface area contributed by atoms with Crippen molar-refractivity contribution in [1.82, 2.24) is 10.2 Å². The highest BCUT2D eigenvalue weighted by Gasteiger charge is 2.39. The van der Waals surface area contributed by atoms with E-state index >= 15 is 0 Å². The Bertz CT molecular complexity index is 938. The molecule has 0 aliphatic carbocycles. The molecule has 2 aliphatic rings. The van der Waals surface area contributed by atoms with Gasteiger partial charge in [-0.15, -0.1) is 0 Å². The minimum absolute atomic E-state index is 0.0662. The summed E-state index contributed by atoms with van der Waals surface area (Å²) in [5.41, 5.74) is 3.26. The van der Waals surface area contributed by atoms with Gasteiger partial charge in [0.2, 0.25) is 5.91 Å². The molecule has 1 N–H and O–H groups in total. The number of benzene rings is 2. The number of carbonyl (C=O) groups is 2. The predicted molar refractivity (Wildman–Crippen MR) is 104 cm³/mol. The van der Waals surface area contributed by atoms with Gasteiger partial charge in [-0.1, -0.05) is 30.3 Å². The first-order valence-electron chi connectivity index (χ1n) is 8.86. The van der Waals surface area contributed by atoms with Crippen molar-refractivity contribution in [2.24, 2.45) is 0 Å². The van der Waals surface area contributed by atoms with E-state index in [2.05, 4.69) is 11.4 Å². The SMILES string of the molecule is CNC(=O)CN1c2ccccc2C(=O)N(C)[C@H]1C1=Cc2ccccc2OC1. The third kappa shape index (κ3) is 2.93. The van der Waals surface area contributed by atoms with Gasteiger partial charge < -0.3 is 19.9 Å². The Hall–Kier alpha value is -3.28. The number of hydrogen-bond donors (Lipinski definition) is 1. The summed E-state index contributed by atoms with van der Waals surface area (Å²) in [7, 11) is 3.38. The summed E-state index contributed by atoms with van der Waals surface area (Å²) in [5, 5.41) is 2.67. The summed E-state index contributed by atoms with van der Waals surface area (Å²) in [5.74, 6) is 0.642. The van der Waals surface area contributed by atoms with Gasteiger partial charge in [0.1, 0.15) is 18.5 Å². The first-order valence-corrected chi connectivity index (χ1v) is 8.86. The summed E-state index contributed by atoms with van der Waals surface area (Å²) < 4.78 is 5.91. The van der Waals surface area contributed by atoms with Crippen LogP contribution >= 0.6 is 0 Å². The van der Waals surface area contributed by atoms with Crippen LogP contribution in [0.25, 0.3) is 6.08 Å². The summed E-state index contributed by atoms with van der Waals surface area (Å²) in [4.78, 5) is 28.8. The van der Waals surface area contributed by atoms with E-state index < -0.39 is 6.17 Å². The van der Waals surface area contributed by atoms with Crippen LogP contribution in [0.4, 0.5) is 5.69 Å². The van der Waals surface area contributed by atoms with Crippen molar-refractivity contribution in [1.29, 1.82) is 0 Å². The first kappa shape index (κ1) is 17.1. The number of anilines is 1. The Morgan fingerprint density at radius 2 is 1.93 bits per heavy atom. The van der Waals surface area contributed by atoms with Crippen molar-refractivity contribution < 1.29 is 14.3 Å². The molecular formula is C21H21N3O3. The molecule has 27 heavy (non-hydrogen) atoms. The average Bonchev–Trinajstić information content (AvgIpc) is 2.71. The molecule has 0 spiro atoms. The first-order chi connectivity index (χ1) is 13.1.